The third-order valence-corrected chi connectivity index (χ3v) is 3.36. The molecule has 0 saturated heterocycles. The van der Waals surface area contributed by atoms with Crippen LogP contribution in [0.4, 0.5) is 0 Å². The molecular weight excluding hydrogens is 220 g/mol. The molecule has 0 saturated carbocycles. The molecular formula is C17H18O. The lowest BCUT2D eigenvalue weighted by atomic mass is 9.85. The summed E-state index contributed by atoms with van der Waals surface area (Å²) in [7, 11) is 0. The van der Waals surface area contributed by atoms with Crippen LogP contribution < -0.4 is 0 Å². The summed E-state index contributed by atoms with van der Waals surface area (Å²) in [5, 5.41) is 0. The van der Waals surface area contributed by atoms with Crippen molar-refractivity contribution in [1.82, 2.24) is 0 Å². The molecule has 18 heavy (non-hydrogen) atoms. The molecule has 1 aliphatic rings. The minimum absolute atomic E-state index is 0.0831. The van der Waals surface area contributed by atoms with Gasteiger partial charge in [-0.15, -0.1) is 0 Å². The average molecular weight is 238 g/mol. The van der Waals surface area contributed by atoms with Crippen molar-refractivity contribution >= 4 is 11.4 Å². The molecule has 0 aliphatic heterocycles. The van der Waals surface area contributed by atoms with Crippen LogP contribution in [-0.4, -0.2) is 5.78 Å². The van der Waals surface area contributed by atoms with E-state index in [0.29, 0.717) is 6.42 Å². The van der Waals surface area contributed by atoms with E-state index in [1.165, 1.54) is 11.1 Å². The third-order valence-electron chi connectivity index (χ3n) is 3.36. The van der Waals surface area contributed by atoms with Crippen LogP contribution in [0.1, 0.15) is 25.8 Å². The quantitative estimate of drug-likeness (QED) is 0.772. The first-order valence-electron chi connectivity index (χ1n) is 6.37. The summed E-state index contributed by atoms with van der Waals surface area (Å²) in [5.74, 6) is 0.195. The molecule has 0 amide bonds. The highest BCUT2D eigenvalue weighted by Gasteiger charge is 2.20. The van der Waals surface area contributed by atoms with E-state index >= 15 is 0 Å². The highest BCUT2D eigenvalue weighted by atomic mass is 16.1. The number of carbonyl (C=O) groups excluding carboxylic acids is 1. The number of ketones is 1. The largest absolute Gasteiger partial charge is 0.299 e. The van der Waals surface area contributed by atoms with Crippen molar-refractivity contribution in [3.63, 3.8) is 0 Å². The molecule has 1 nitrogen and oxygen atoms in total. The number of hydrogen-bond acceptors (Lipinski definition) is 1. The molecule has 0 N–H and O–H groups in total. The summed E-state index contributed by atoms with van der Waals surface area (Å²) in [4.78, 5) is 12.0. The van der Waals surface area contributed by atoms with Crippen LogP contribution in [-0.2, 0) is 4.79 Å². The average Bonchev–Trinajstić information content (AvgIpc) is 2.46. The Bertz CT molecular complexity index is 518. The number of Topliss-reactive ketones (excluding diaryl/α,β-unsaturated/α-hetero) is 1. The Labute approximate surface area is 109 Å². The smallest absolute Gasteiger partial charge is 0.143 e. The van der Waals surface area contributed by atoms with Crippen LogP contribution in [0, 0.1) is 5.92 Å². The first-order valence-corrected chi connectivity index (χ1v) is 6.37. The van der Waals surface area contributed by atoms with Crippen molar-refractivity contribution in [2.75, 3.05) is 0 Å². The molecule has 1 atom stereocenters. The van der Waals surface area contributed by atoms with Gasteiger partial charge in [-0.2, -0.15) is 0 Å². The van der Waals surface area contributed by atoms with E-state index in [9.17, 15) is 4.79 Å². The van der Waals surface area contributed by atoms with Crippen LogP contribution in [0.5, 0.6) is 0 Å². The fourth-order valence-corrected chi connectivity index (χ4v) is 2.26. The maximum atomic E-state index is 12.0. The lowest BCUT2D eigenvalue weighted by Gasteiger charge is -2.18. The number of rotatable bonds is 3. The van der Waals surface area contributed by atoms with E-state index in [0.717, 1.165) is 5.57 Å². The van der Waals surface area contributed by atoms with Gasteiger partial charge in [0.2, 0.25) is 0 Å². The highest BCUT2D eigenvalue weighted by molar-refractivity contribution is 5.89. The van der Waals surface area contributed by atoms with Crippen LogP contribution in [0.3, 0.4) is 0 Å². The predicted molar refractivity (Wildman–Crippen MR) is 76.1 cm³/mol. The summed E-state index contributed by atoms with van der Waals surface area (Å²) in [5.41, 5.74) is 3.49. The van der Waals surface area contributed by atoms with Gasteiger partial charge in [0.25, 0.3) is 0 Å². The molecule has 1 aliphatic carbocycles. The topological polar surface area (TPSA) is 17.1 Å². The minimum Gasteiger partial charge on any atom is -0.299 e. The van der Waals surface area contributed by atoms with Crippen molar-refractivity contribution in [3.05, 3.63) is 65.8 Å². The van der Waals surface area contributed by atoms with Crippen LogP contribution in [0.15, 0.2) is 60.2 Å². The molecule has 1 aromatic rings. The summed E-state index contributed by atoms with van der Waals surface area (Å²) >= 11 is 0. The molecule has 1 heteroatoms. The molecule has 1 unspecified atom stereocenters. The van der Waals surface area contributed by atoms with E-state index in [2.05, 4.69) is 25.1 Å². The maximum Gasteiger partial charge on any atom is 0.143 e. The maximum absolute atomic E-state index is 12.0. The van der Waals surface area contributed by atoms with Crippen LogP contribution in [0.2, 0.25) is 0 Å². The van der Waals surface area contributed by atoms with Crippen LogP contribution >= 0.6 is 0 Å². The summed E-state index contributed by atoms with van der Waals surface area (Å²) < 4.78 is 0. The fraction of sp³-hybridized carbons (Fsp3) is 0.235. The zero-order chi connectivity index (χ0) is 13.0. The molecule has 0 radical (unpaired) electrons. The Morgan fingerprint density at radius 1 is 1.17 bits per heavy atom. The molecule has 0 aromatic heterocycles. The van der Waals surface area contributed by atoms with Gasteiger partial charge < -0.3 is 0 Å². The highest BCUT2D eigenvalue weighted by Crippen LogP contribution is 2.29. The van der Waals surface area contributed by atoms with Crippen molar-refractivity contribution < 1.29 is 4.79 Å². The first-order chi connectivity index (χ1) is 8.74. The van der Waals surface area contributed by atoms with E-state index in [-0.39, 0.29) is 11.7 Å². The van der Waals surface area contributed by atoms with Crippen LogP contribution in [0.25, 0.3) is 5.57 Å². The normalized spacial score (nSPS) is 20.9. The second-order valence-electron chi connectivity index (χ2n) is 4.49. The van der Waals surface area contributed by atoms with Gasteiger partial charge in [-0.3, -0.25) is 4.79 Å². The van der Waals surface area contributed by atoms with Gasteiger partial charge in [-0.1, -0.05) is 61.6 Å². The van der Waals surface area contributed by atoms with Gasteiger partial charge in [-0.05, 0) is 23.6 Å². The van der Waals surface area contributed by atoms with Crippen molar-refractivity contribution in [3.8, 4) is 0 Å². The third kappa shape index (κ3) is 2.51. The number of hydrogen-bond donors (Lipinski definition) is 0. The lowest BCUT2D eigenvalue weighted by Crippen LogP contribution is -2.15. The Kier molecular flexibility index (Phi) is 3.93. The molecule has 92 valence electrons. The van der Waals surface area contributed by atoms with Gasteiger partial charge >= 0.3 is 0 Å². The SMILES string of the molecule is CCC(=O)C1C=CC=CC1=C(C)c1ccccc1. The first kappa shape index (κ1) is 12.6. The van der Waals surface area contributed by atoms with Crippen molar-refractivity contribution in [2.45, 2.75) is 20.3 Å². The van der Waals surface area contributed by atoms with Gasteiger partial charge in [0.15, 0.2) is 0 Å². The molecule has 1 aromatic carbocycles. The lowest BCUT2D eigenvalue weighted by molar-refractivity contribution is -0.120. The summed E-state index contributed by atoms with van der Waals surface area (Å²) in [6, 6.07) is 10.2. The van der Waals surface area contributed by atoms with E-state index in [1.807, 2.05) is 43.4 Å². The Hall–Kier alpha value is -1.89. The predicted octanol–water partition coefficient (Wildman–Crippen LogP) is 4.18. The van der Waals surface area contributed by atoms with E-state index in [1.54, 1.807) is 0 Å². The van der Waals surface area contributed by atoms with E-state index in [4.69, 9.17) is 0 Å². The Morgan fingerprint density at radius 2 is 1.89 bits per heavy atom. The van der Waals surface area contributed by atoms with Gasteiger partial charge in [0.05, 0.1) is 5.92 Å². The van der Waals surface area contributed by atoms with Gasteiger partial charge in [-0.25, -0.2) is 0 Å². The van der Waals surface area contributed by atoms with E-state index < -0.39 is 0 Å². The number of benzene rings is 1. The fourth-order valence-electron chi connectivity index (χ4n) is 2.26. The zero-order valence-corrected chi connectivity index (χ0v) is 10.9. The second-order valence-corrected chi connectivity index (χ2v) is 4.49. The summed E-state index contributed by atoms with van der Waals surface area (Å²) in [6.07, 6.45) is 8.59. The van der Waals surface area contributed by atoms with Crippen molar-refractivity contribution in [1.29, 1.82) is 0 Å². The van der Waals surface area contributed by atoms with Crippen molar-refractivity contribution in [2.24, 2.45) is 5.92 Å². The Balaban J connectivity index is 2.43. The Morgan fingerprint density at radius 3 is 2.56 bits per heavy atom. The minimum atomic E-state index is -0.0831. The molecule has 0 fully saturated rings. The molecule has 0 heterocycles. The second kappa shape index (κ2) is 5.63. The number of carbonyl (C=O) groups is 1. The monoisotopic (exact) mass is 238 g/mol. The molecule has 2 rings (SSSR count). The van der Waals surface area contributed by atoms with Gasteiger partial charge in [0, 0.05) is 6.42 Å². The molecule has 0 spiro atoms. The summed E-state index contributed by atoms with van der Waals surface area (Å²) in [6.45, 7) is 4.01. The molecule has 0 bridgehead atoms. The number of allylic oxidation sites excluding steroid dienone is 6. The standard InChI is InChI=1S/C17H18O/c1-3-17(18)16-12-8-7-11-15(16)13(2)14-9-5-4-6-10-14/h4-12,16H,3H2,1-2H3. The zero-order valence-electron chi connectivity index (χ0n) is 10.9. The van der Waals surface area contributed by atoms with Gasteiger partial charge in [0.1, 0.15) is 5.78 Å².